The smallest absolute Gasteiger partial charge is 0.433 e. The molecule has 2 aromatic carbocycles. The fourth-order valence-corrected chi connectivity index (χ4v) is 2.35. The van der Waals surface area contributed by atoms with Crippen molar-refractivity contribution in [3.05, 3.63) is 60.6 Å². The Kier molecular flexibility index (Phi) is 3.12. The van der Waals surface area contributed by atoms with Gasteiger partial charge >= 0.3 is 6.18 Å². The van der Waals surface area contributed by atoms with Crippen LogP contribution in [-0.2, 0) is 6.18 Å². The van der Waals surface area contributed by atoms with E-state index in [2.05, 4.69) is 15.1 Å². The van der Waals surface area contributed by atoms with Crippen molar-refractivity contribution in [1.82, 2.24) is 19.6 Å². The molecule has 0 spiro atoms. The van der Waals surface area contributed by atoms with Gasteiger partial charge in [-0.15, -0.1) is 0 Å². The average molecular weight is 330 g/mol. The predicted octanol–water partition coefficient (Wildman–Crippen LogP) is 4.09. The Morgan fingerprint density at radius 1 is 0.958 bits per heavy atom. The third kappa shape index (κ3) is 2.51. The Balaban J connectivity index is 1.81. The van der Waals surface area contributed by atoms with Crippen LogP contribution in [-0.4, -0.2) is 19.6 Å². The number of fused-ring (bicyclic) bond motifs is 2. The topological polar surface area (TPSA) is 52.3 Å². The van der Waals surface area contributed by atoms with E-state index >= 15 is 0 Å². The highest BCUT2D eigenvalue weighted by molar-refractivity contribution is 5.83. The minimum atomic E-state index is -4.60. The number of alkyl halides is 3. The van der Waals surface area contributed by atoms with Gasteiger partial charge in [-0.3, -0.25) is 0 Å². The van der Waals surface area contributed by atoms with Gasteiger partial charge in [-0.05, 0) is 22.9 Å². The molecule has 0 radical (unpaired) electrons. The van der Waals surface area contributed by atoms with Gasteiger partial charge in [0.1, 0.15) is 12.1 Å². The van der Waals surface area contributed by atoms with E-state index in [1.165, 1.54) is 0 Å². The number of nitrogens with zero attached hydrogens (tertiary/aromatic N) is 4. The molecule has 0 unspecified atom stereocenters. The lowest BCUT2D eigenvalue weighted by Gasteiger charge is -2.11. The molecular formula is C16H9F3N4O. The summed E-state index contributed by atoms with van der Waals surface area (Å²) in [5.74, 6) is 0.102. The Morgan fingerprint density at radius 2 is 1.75 bits per heavy atom. The van der Waals surface area contributed by atoms with Gasteiger partial charge in [0.2, 0.25) is 5.88 Å². The summed E-state index contributed by atoms with van der Waals surface area (Å²) >= 11 is 0. The number of rotatable bonds is 2. The van der Waals surface area contributed by atoms with Crippen LogP contribution in [0.3, 0.4) is 0 Å². The van der Waals surface area contributed by atoms with Crippen molar-refractivity contribution < 1.29 is 17.9 Å². The minimum absolute atomic E-state index is 0.111. The molecule has 4 rings (SSSR count). The van der Waals surface area contributed by atoms with Gasteiger partial charge in [-0.1, -0.05) is 30.3 Å². The number of hydrogen-bond donors (Lipinski definition) is 0. The van der Waals surface area contributed by atoms with Crippen LogP contribution in [0.2, 0.25) is 0 Å². The van der Waals surface area contributed by atoms with Gasteiger partial charge in [0.25, 0.3) is 5.78 Å². The van der Waals surface area contributed by atoms with Crippen molar-refractivity contribution in [2.45, 2.75) is 6.18 Å². The molecule has 0 amide bonds. The number of benzene rings is 2. The second kappa shape index (κ2) is 5.19. The fourth-order valence-electron chi connectivity index (χ4n) is 2.35. The number of aromatic nitrogens is 4. The molecule has 0 N–H and O–H groups in total. The van der Waals surface area contributed by atoms with Crippen LogP contribution in [0, 0.1) is 0 Å². The molecule has 0 fully saturated rings. The van der Waals surface area contributed by atoms with Crippen LogP contribution in [0.25, 0.3) is 16.6 Å². The lowest BCUT2D eigenvalue weighted by molar-refractivity contribution is -0.141. The molecule has 2 heterocycles. The highest BCUT2D eigenvalue weighted by Gasteiger charge is 2.34. The molecule has 8 heteroatoms. The quantitative estimate of drug-likeness (QED) is 0.555. The maximum absolute atomic E-state index is 13.0. The van der Waals surface area contributed by atoms with Gasteiger partial charge in [0, 0.05) is 6.07 Å². The summed E-state index contributed by atoms with van der Waals surface area (Å²) in [5.41, 5.74) is -1.08. The van der Waals surface area contributed by atoms with E-state index in [4.69, 9.17) is 4.74 Å². The summed E-state index contributed by atoms with van der Waals surface area (Å²) in [5, 5.41) is 5.76. The second-order valence-electron chi connectivity index (χ2n) is 5.06. The molecule has 0 atom stereocenters. The molecule has 5 nitrogen and oxygen atoms in total. The molecule has 0 bridgehead atoms. The third-order valence-electron chi connectivity index (χ3n) is 3.45. The Bertz CT molecular complexity index is 1040. The monoisotopic (exact) mass is 330 g/mol. The van der Waals surface area contributed by atoms with Crippen molar-refractivity contribution in [3.63, 3.8) is 0 Å². The highest BCUT2D eigenvalue weighted by Crippen LogP contribution is 2.32. The standard InChI is InChI=1S/C16H9F3N4O/c17-16(18,19)13-8-14(23-15(22-13)20-9-21-23)24-12-6-5-10-3-1-2-4-11(10)7-12/h1-9H. The SMILES string of the molecule is FC(F)(F)c1cc(Oc2ccc3ccccc3c2)n2ncnc2n1. The van der Waals surface area contributed by atoms with Crippen molar-refractivity contribution in [1.29, 1.82) is 0 Å². The van der Waals surface area contributed by atoms with E-state index in [1.54, 1.807) is 12.1 Å². The maximum atomic E-state index is 13.0. The number of ether oxygens (including phenoxy) is 1. The van der Waals surface area contributed by atoms with Crippen LogP contribution in [0.1, 0.15) is 5.69 Å². The van der Waals surface area contributed by atoms with E-state index in [1.807, 2.05) is 30.3 Å². The van der Waals surface area contributed by atoms with Gasteiger partial charge < -0.3 is 4.74 Å². The third-order valence-corrected chi connectivity index (χ3v) is 3.45. The zero-order valence-corrected chi connectivity index (χ0v) is 12.0. The average Bonchev–Trinajstić information content (AvgIpc) is 3.03. The minimum Gasteiger partial charge on any atom is -0.439 e. The summed E-state index contributed by atoms with van der Waals surface area (Å²) in [6.07, 6.45) is -3.48. The first-order chi connectivity index (χ1) is 11.5. The normalized spacial score (nSPS) is 12.0. The van der Waals surface area contributed by atoms with Crippen molar-refractivity contribution >= 4 is 16.6 Å². The molecule has 24 heavy (non-hydrogen) atoms. The summed E-state index contributed by atoms with van der Waals surface area (Å²) in [4.78, 5) is 7.15. The van der Waals surface area contributed by atoms with Crippen LogP contribution >= 0.6 is 0 Å². The predicted molar refractivity (Wildman–Crippen MR) is 79.8 cm³/mol. The van der Waals surface area contributed by atoms with E-state index in [-0.39, 0.29) is 11.7 Å². The Labute approximate surface area is 133 Å². The summed E-state index contributed by atoms with van der Waals surface area (Å²) in [7, 11) is 0. The van der Waals surface area contributed by atoms with E-state index < -0.39 is 11.9 Å². The van der Waals surface area contributed by atoms with Crippen LogP contribution in [0.4, 0.5) is 13.2 Å². The summed E-state index contributed by atoms with van der Waals surface area (Å²) in [6, 6.07) is 13.6. The Morgan fingerprint density at radius 3 is 2.54 bits per heavy atom. The molecule has 0 aliphatic rings. The molecule has 0 aliphatic heterocycles. The van der Waals surface area contributed by atoms with E-state index in [0.717, 1.165) is 27.7 Å². The van der Waals surface area contributed by atoms with Crippen LogP contribution in [0.15, 0.2) is 54.9 Å². The molecular weight excluding hydrogens is 321 g/mol. The maximum Gasteiger partial charge on any atom is 0.433 e. The molecule has 0 saturated carbocycles. The fraction of sp³-hybridized carbons (Fsp3) is 0.0625. The van der Waals surface area contributed by atoms with E-state index in [9.17, 15) is 13.2 Å². The first-order valence-electron chi connectivity index (χ1n) is 6.95. The van der Waals surface area contributed by atoms with Crippen LogP contribution < -0.4 is 4.74 Å². The van der Waals surface area contributed by atoms with Crippen molar-refractivity contribution in [2.75, 3.05) is 0 Å². The van der Waals surface area contributed by atoms with E-state index in [0.29, 0.717) is 5.75 Å². The van der Waals surface area contributed by atoms with Crippen molar-refractivity contribution in [2.24, 2.45) is 0 Å². The lowest BCUT2D eigenvalue weighted by atomic mass is 10.1. The first-order valence-corrected chi connectivity index (χ1v) is 6.95. The van der Waals surface area contributed by atoms with Gasteiger partial charge in [-0.2, -0.15) is 27.8 Å². The zero-order valence-electron chi connectivity index (χ0n) is 12.0. The molecule has 4 aromatic rings. The van der Waals surface area contributed by atoms with Gasteiger partial charge in [0.05, 0.1) is 0 Å². The van der Waals surface area contributed by atoms with Crippen molar-refractivity contribution in [3.8, 4) is 11.6 Å². The summed E-state index contributed by atoms with van der Waals surface area (Å²) < 4.78 is 45.7. The van der Waals surface area contributed by atoms with Gasteiger partial charge in [-0.25, -0.2) is 4.98 Å². The van der Waals surface area contributed by atoms with Gasteiger partial charge in [0.15, 0.2) is 5.69 Å². The summed E-state index contributed by atoms with van der Waals surface area (Å²) in [6.45, 7) is 0. The molecule has 0 saturated heterocycles. The lowest BCUT2D eigenvalue weighted by Crippen LogP contribution is -2.10. The number of hydrogen-bond acceptors (Lipinski definition) is 4. The molecule has 0 aliphatic carbocycles. The van der Waals surface area contributed by atoms with Crippen LogP contribution in [0.5, 0.6) is 11.6 Å². The second-order valence-corrected chi connectivity index (χ2v) is 5.06. The first kappa shape index (κ1) is 14.4. The largest absolute Gasteiger partial charge is 0.439 e. The Hall–Kier alpha value is -3.16. The molecule has 2 aromatic heterocycles. The zero-order chi connectivity index (χ0) is 16.7. The molecule has 120 valence electrons. The highest BCUT2D eigenvalue weighted by atomic mass is 19.4. The number of halogens is 3.